The Morgan fingerprint density at radius 2 is 2.11 bits per heavy atom. The minimum absolute atomic E-state index is 0.0742. The summed E-state index contributed by atoms with van der Waals surface area (Å²) in [7, 11) is 0. The molecule has 1 atom stereocenters. The van der Waals surface area contributed by atoms with Crippen LogP contribution >= 0.6 is 11.8 Å². The van der Waals surface area contributed by atoms with Crippen molar-refractivity contribution >= 4 is 28.9 Å². The summed E-state index contributed by atoms with van der Waals surface area (Å²) in [6.07, 6.45) is -3.59. The summed E-state index contributed by atoms with van der Waals surface area (Å²) in [6, 6.07) is 6.72. The summed E-state index contributed by atoms with van der Waals surface area (Å²) in [5, 5.41) is 15.9. The van der Waals surface area contributed by atoms with Gasteiger partial charge >= 0.3 is 6.18 Å². The average molecular weight is 417 g/mol. The zero-order valence-electron chi connectivity index (χ0n) is 15.4. The second-order valence-electron chi connectivity index (χ2n) is 6.12. The lowest BCUT2D eigenvalue weighted by Gasteiger charge is -2.17. The number of alkyl halides is 3. The van der Waals surface area contributed by atoms with Crippen LogP contribution in [-0.4, -0.2) is 58.3 Å². The van der Waals surface area contributed by atoms with Gasteiger partial charge in [0.15, 0.2) is 6.61 Å². The summed E-state index contributed by atoms with van der Waals surface area (Å²) in [5.41, 5.74) is 0.738. The Balaban J connectivity index is 1.84. The summed E-state index contributed by atoms with van der Waals surface area (Å²) in [4.78, 5) is 13.9. The van der Waals surface area contributed by atoms with Crippen LogP contribution in [0.1, 0.15) is 25.3 Å². The van der Waals surface area contributed by atoms with Gasteiger partial charge in [-0.2, -0.15) is 18.3 Å². The Kier molecular flexibility index (Phi) is 8.31. The van der Waals surface area contributed by atoms with Gasteiger partial charge in [-0.25, -0.2) is 0 Å². The highest BCUT2D eigenvalue weighted by atomic mass is 32.2. The molecule has 1 heterocycles. The smallest absolute Gasteiger partial charge is 0.395 e. The first-order chi connectivity index (χ1) is 13.3. The second kappa shape index (κ2) is 10.5. The number of thioether (sulfide) groups is 1. The predicted octanol–water partition coefficient (Wildman–Crippen LogP) is 3.25. The Morgan fingerprint density at radius 3 is 2.71 bits per heavy atom. The first-order valence-electron chi connectivity index (χ1n) is 8.69. The van der Waals surface area contributed by atoms with E-state index in [9.17, 15) is 18.0 Å². The number of hydrogen-bond donors (Lipinski definition) is 1. The zero-order valence-corrected chi connectivity index (χ0v) is 16.2. The van der Waals surface area contributed by atoms with Crippen LogP contribution in [0.15, 0.2) is 34.5 Å². The Bertz CT molecular complexity index is 708. The fourth-order valence-electron chi connectivity index (χ4n) is 2.56. The van der Waals surface area contributed by atoms with E-state index in [2.05, 4.69) is 10.2 Å². The highest BCUT2D eigenvalue weighted by Gasteiger charge is 2.34. The fourth-order valence-corrected chi connectivity index (χ4v) is 3.77. The van der Waals surface area contributed by atoms with E-state index in [1.54, 1.807) is 36.1 Å². The Morgan fingerprint density at radius 1 is 1.39 bits per heavy atom. The van der Waals surface area contributed by atoms with Crippen LogP contribution in [0.4, 0.5) is 13.2 Å². The number of rotatable bonds is 7. The quantitative estimate of drug-likeness (QED) is 0.420. The van der Waals surface area contributed by atoms with E-state index in [-0.39, 0.29) is 29.4 Å². The molecule has 10 heteroatoms. The molecule has 0 aliphatic carbocycles. The van der Waals surface area contributed by atoms with Crippen molar-refractivity contribution < 1.29 is 27.8 Å². The number of ether oxygens (including phenoxy) is 1. The molecule has 1 N–H and O–H groups in total. The van der Waals surface area contributed by atoms with Gasteiger partial charge in [-0.05, 0) is 31.0 Å². The number of aliphatic hydroxyl groups excluding tert-OH is 1. The van der Waals surface area contributed by atoms with Gasteiger partial charge in [0.1, 0.15) is 10.8 Å². The topological polar surface area (TPSA) is 74.5 Å². The standard InChI is InChI=1S/C18H22F3N3O3S/c1-2-22-23-16(9-18(19,20)21)28-15-7-8-24(10-15)17(26)12-27-14-5-3-13(11-25)4-6-14/h2-6,15,25H,7-12H2,1H3/b22-2-,23-16+. The minimum Gasteiger partial charge on any atom is -0.484 e. The molecule has 28 heavy (non-hydrogen) atoms. The summed E-state index contributed by atoms with van der Waals surface area (Å²) in [5.74, 6) is 0.280. The van der Waals surface area contributed by atoms with Gasteiger partial charge in [-0.3, -0.25) is 4.79 Å². The number of likely N-dealkylation sites (tertiary alicyclic amines) is 1. The van der Waals surface area contributed by atoms with E-state index in [0.29, 0.717) is 25.3 Å². The van der Waals surface area contributed by atoms with E-state index in [0.717, 1.165) is 17.3 Å². The van der Waals surface area contributed by atoms with Crippen molar-refractivity contribution in [3.05, 3.63) is 29.8 Å². The van der Waals surface area contributed by atoms with Crippen LogP contribution in [0.25, 0.3) is 0 Å². The van der Waals surface area contributed by atoms with Crippen molar-refractivity contribution in [1.29, 1.82) is 0 Å². The van der Waals surface area contributed by atoms with Crippen LogP contribution in [0.3, 0.4) is 0 Å². The fraction of sp³-hybridized carbons (Fsp3) is 0.500. The third-order valence-electron chi connectivity index (χ3n) is 3.91. The molecular formula is C18H22F3N3O3S. The largest absolute Gasteiger partial charge is 0.484 e. The zero-order chi connectivity index (χ0) is 20.6. The lowest BCUT2D eigenvalue weighted by Crippen LogP contribution is -2.33. The second-order valence-corrected chi connectivity index (χ2v) is 7.49. The normalized spacial score (nSPS) is 18.1. The van der Waals surface area contributed by atoms with Crippen LogP contribution in [0, 0.1) is 0 Å². The summed E-state index contributed by atoms with van der Waals surface area (Å²) >= 11 is 1.02. The van der Waals surface area contributed by atoms with Crippen molar-refractivity contribution in [2.45, 2.75) is 37.8 Å². The number of nitrogens with zero attached hydrogens (tertiary/aromatic N) is 3. The number of halogens is 3. The molecule has 1 aliphatic rings. The molecule has 0 spiro atoms. The van der Waals surface area contributed by atoms with E-state index in [1.165, 1.54) is 6.21 Å². The maximum absolute atomic E-state index is 12.7. The van der Waals surface area contributed by atoms with Gasteiger partial charge in [0.05, 0.1) is 13.0 Å². The molecular weight excluding hydrogens is 395 g/mol. The average Bonchev–Trinajstić information content (AvgIpc) is 3.12. The van der Waals surface area contributed by atoms with Gasteiger partial charge < -0.3 is 14.7 Å². The molecule has 0 saturated carbocycles. The molecule has 154 valence electrons. The third-order valence-corrected chi connectivity index (χ3v) is 5.12. The van der Waals surface area contributed by atoms with E-state index < -0.39 is 12.6 Å². The van der Waals surface area contributed by atoms with Crippen molar-refractivity contribution in [3.63, 3.8) is 0 Å². The summed E-state index contributed by atoms with van der Waals surface area (Å²) < 4.78 is 43.5. The number of carbonyl (C=O) groups excluding carboxylic acids is 1. The maximum Gasteiger partial charge on any atom is 0.395 e. The molecule has 0 aromatic heterocycles. The third kappa shape index (κ3) is 7.51. The number of benzene rings is 1. The first-order valence-corrected chi connectivity index (χ1v) is 9.57. The van der Waals surface area contributed by atoms with E-state index in [1.807, 2.05) is 0 Å². The van der Waals surface area contributed by atoms with Crippen molar-refractivity contribution in [2.75, 3.05) is 19.7 Å². The number of hydrogen-bond acceptors (Lipinski definition) is 6. The molecule has 1 saturated heterocycles. The maximum atomic E-state index is 12.7. The molecule has 1 amide bonds. The van der Waals surface area contributed by atoms with Crippen molar-refractivity contribution in [1.82, 2.24) is 4.90 Å². The number of aliphatic hydroxyl groups is 1. The lowest BCUT2D eigenvalue weighted by atomic mass is 10.2. The van der Waals surface area contributed by atoms with Crippen LogP contribution < -0.4 is 4.74 Å². The van der Waals surface area contributed by atoms with E-state index >= 15 is 0 Å². The van der Waals surface area contributed by atoms with Crippen LogP contribution in [0.2, 0.25) is 0 Å². The van der Waals surface area contributed by atoms with Crippen LogP contribution in [-0.2, 0) is 11.4 Å². The van der Waals surface area contributed by atoms with Crippen molar-refractivity contribution in [3.8, 4) is 5.75 Å². The molecule has 1 unspecified atom stereocenters. The highest BCUT2D eigenvalue weighted by Crippen LogP contribution is 2.30. The molecule has 2 rings (SSSR count). The van der Waals surface area contributed by atoms with Gasteiger partial charge in [-0.1, -0.05) is 12.1 Å². The molecule has 0 bridgehead atoms. The molecule has 0 radical (unpaired) electrons. The number of carbonyl (C=O) groups is 1. The molecule has 1 aromatic rings. The molecule has 1 fully saturated rings. The molecule has 1 aromatic carbocycles. The lowest BCUT2D eigenvalue weighted by molar-refractivity contribution is -0.132. The monoisotopic (exact) mass is 417 g/mol. The molecule has 6 nitrogen and oxygen atoms in total. The predicted molar refractivity (Wildman–Crippen MR) is 103 cm³/mol. The summed E-state index contributed by atoms with van der Waals surface area (Å²) in [6.45, 7) is 2.14. The van der Waals surface area contributed by atoms with Crippen LogP contribution in [0.5, 0.6) is 5.75 Å². The Hall–Kier alpha value is -2.07. The molecule has 1 aliphatic heterocycles. The van der Waals surface area contributed by atoms with Gasteiger partial charge in [0, 0.05) is 24.6 Å². The SMILES string of the molecule is C/C=N\N=C(/CC(F)(F)F)SC1CCN(C(=O)COc2ccc(CO)cc2)C1. The highest BCUT2D eigenvalue weighted by molar-refractivity contribution is 8.14. The van der Waals surface area contributed by atoms with Gasteiger partial charge in [0.25, 0.3) is 5.91 Å². The van der Waals surface area contributed by atoms with E-state index in [4.69, 9.17) is 9.84 Å². The minimum atomic E-state index is -4.36. The van der Waals surface area contributed by atoms with Gasteiger partial charge in [-0.15, -0.1) is 16.9 Å². The Labute approximate surface area is 165 Å². The van der Waals surface area contributed by atoms with Gasteiger partial charge in [0.2, 0.25) is 0 Å². The van der Waals surface area contributed by atoms with Crippen molar-refractivity contribution in [2.24, 2.45) is 10.2 Å². The first kappa shape index (κ1) is 22.2. The number of amides is 1.